The molecular formula is C15H25FN2O2S. The fourth-order valence-corrected chi connectivity index (χ4v) is 4.02. The van der Waals surface area contributed by atoms with Crippen LogP contribution >= 0.6 is 0 Å². The normalized spacial score (nSPS) is 12.6. The highest BCUT2D eigenvalue weighted by Crippen LogP contribution is 2.24. The molecule has 0 bridgehead atoms. The Hall–Kier alpha value is -0.980. The molecule has 4 nitrogen and oxygen atoms in total. The van der Waals surface area contributed by atoms with Crippen LogP contribution in [0.5, 0.6) is 0 Å². The molecule has 0 aliphatic carbocycles. The van der Waals surface area contributed by atoms with Gasteiger partial charge in [-0.2, -0.15) is 0 Å². The molecule has 0 unspecified atom stereocenters. The minimum absolute atomic E-state index is 0.105. The lowest BCUT2D eigenvalue weighted by Crippen LogP contribution is -2.46. The molecule has 0 radical (unpaired) electrons. The van der Waals surface area contributed by atoms with Crippen LogP contribution in [0, 0.1) is 5.82 Å². The van der Waals surface area contributed by atoms with Gasteiger partial charge in [0.25, 0.3) is 0 Å². The van der Waals surface area contributed by atoms with Gasteiger partial charge >= 0.3 is 0 Å². The summed E-state index contributed by atoms with van der Waals surface area (Å²) in [6, 6.07) is 3.90. The molecule has 21 heavy (non-hydrogen) atoms. The molecule has 120 valence electrons. The highest BCUT2D eigenvalue weighted by molar-refractivity contribution is 7.89. The van der Waals surface area contributed by atoms with E-state index in [1.807, 2.05) is 20.8 Å². The molecule has 1 aromatic rings. The Morgan fingerprint density at radius 1 is 1.14 bits per heavy atom. The van der Waals surface area contributed by atoms with E-state index in [4.69, 9.17) is 0 Å². The summed E-state index contributed by atoms with van der Waals surface area (Å²) in [6.07, 6.45) is 2.14. The molecule has 0 aliphatic heterocycles. The maximum absolute atomic E-state index is 13.6. The van der Waals surface area contributed by atoms with Gasteiger partial charge in [0.15, 0.2) is 0 Å². The van der Waals surface area contributed by atoms with Crippen molar-refractivity contribution in [2.24, 2.45) is 0 Å². The lowest BCUT2D eigenvalue weighted by atomic mass is 9.91. The summed E-state index contributed by atoms with van der Waals surface area (Å²) in [6.45, 7) is 6.18. The molecule has 0 spiro atoms. The summed E-state index contributed by atoms with van der Waals surface area (Å²) < 4.78 is 41.5. The summed E-state index contributed by atoms with van der Waals surface area (Å²) in [5.41, 5.74) is -0.105. The van der Waals surface area contributed by atoms with Crippen molar-refractivity contribution in [3.63, 3.8) is 0 Å². The molecule has 0 saturated carbocycles. The first kappa shape index (κ1) is 18.1. The number of nitrogens with one attached hydrogen (secondary N) is 2. The first-order chi connectivity index (χ1) is 9.84. The molecular weight excluding hydrogens is 291 g/mol. The van der Waals surface area contributed by atoms with E-state index < -0.39 is 21.4 Å². The third kappa shape index (κ3) is 4.25. The fraction of sp³-hybridized carbons (Fsp3) is 0.600. The van der Waals surface area contributed by atoms with Crippen LogP contribution in [0.1, 0.15) is 45.6 Å². The molecule has 0 heterocycles. The predicted octanol–water partition coefficient (Wildman–Crippen LogP) is 2.79. The second-order valence-corrected chi connectivity index (χ2v) is 6.91. The van der Waals surface area contributed by atoms with E-state index in [9.17, 15) is 12.8 Å². The van der Waals surface area contributed by atoms with Gasteiger partial charge in [-0.3, -0.25) is 0 Å². The van der Waals surface area contributed by atoms with Gasteiger partial charge in [0.1, 0.15) is 5.82 Å². The molecule has 0 amide bonds. The van der Waals surface area contributed by atoms with Crippen molar-refractivity contribution in [3.8, 4) is 0 Å². The Bertz CT molecular complexity index is 561. The predicted molar refractivity (Wildman–Crippen MR) is 83.1 cm³/mol. The molecule has 2 N–H and O–H groups in total. The Kier molecular flexibility index (Phi) is 6.31. The number of halogens is 1. The van der Waals surface area contributed by atoms with Gasteiger partial charge in [0, 0.05) is 17.6 Å². The first-order valence-electron chi connectivity index (χ1n) is 7.31. The molecule has 1 aromatic carbocycles. The van der Waals surface area contributed by atoms with Crippen molar-refractivity contribution in [1.29, 1.82) is 0 Å². The summed E-state index contributed by atoms with van der Waals surface area (Å²) >= 11 is 0. The Balaban J connectivity index is 3.16. The van der Waals surface area contributed by atoms with Crippen LogP contribution in [0.4, 0.5) is 4.39 Å². The van der Waals surface area contributed by atoms with Crippen LogP contribution in [0.15, 0.2) is 23.1 Å². The standard InChI is InChI=1S/C15H25FN2O2S/c1-5-15(6-2,7-3)18-21(19,20)13-8-9-14(16)12(10-13)11-17-4/h8-10,17-18H,5-7,11H2,1-4H3. The quantitative estimate of drug-likeness (QED) is 0.775. The Morgan fingerprint density at radius 2 is 1.71 bits per heavy atom. The summed E-state index contributed by atoms with van der Waals surface area (Å²) in [5.74, 6) is -0.406. The average molecular weight is 316 g/mol. The van der Waals surface area contributed by atoms with Crippen molar-refractivity contribution >= 4 is 10.0 Å². The summed E-state index contributed by atoms with van der Waals surface area (Å²) in [7, 11) is -1.97. The second kappa shape index (κ2) is 7.33. The van der Waals surface area contributed by atoms with E-state index in [1.165, 1.54) is 18.2 Å². The van der Waals surface area contributed by atoms with E-state index in [0.29, 0.717) is 24.8 Å². The van der Waals surface area contributed by atoms with Gasteiger partial charge in [-0.05, 0) is 44.5 Å². The van der Waals surface area contributed by atoms with Crippen LogP contribution in [-0.4, -0.2) is 21.0 Å². The topological polar surface area (TPSA) is 58.2 Å². The van der Waals surface area contributed by atoms with E-state index in [0.717, 1.165) is 0 Å². The van der Waals surface area contributed by atoms with Crippen molar-refractivity contribution in [1.82, 2.24) is 10.0 Å². The zero-order chi connectivity index (χ0) is 16.1. The van der Waals surface area contributed by atoms with Gasteiger partial charge in [0.05, 0.1) is 4.90 Å². The largest absolute Gasteiger partial charge is 0.316 e. The Labute approximate surface area is 127 Å². The number of hydrogen-bond donors (Lipinski definition) is 2. The average Bonchev–Trinajstić information content (AvgIpc) is 2.47. The third-order valence-corrected chi connectivity index (χ3v) is 5.65. The van der Waals surface area contributed by atoms with Crippen LogP contribution in [-0.2, 0) is 16.6 Å². The lowest BCUT2D eigenvalue weighted by molar-refractivity contribution is 0.341. The van der Waals surface area contributed by atoms with Crippen molar-refractivity contribution in [2.45, 2.75) is 57.0 Å². The highest BCUT2D eigenvalue weighted by Gasteiger charge is 2.30. The molecule has 1 rings (SSSR count). The third-order valence-electron chi connectivity index (χ3n) is 4.08. The number of hydrogen-bond acceptors (Lipinski definition) is 3. The molecule has 0 atom stereocenters. The van der Waals surface area contributed by atoms with Gasteiger partial charge < -0.3 is 5.32 Å². The second-order valence-electron chi connectivity index (χ2n) is 5.23. The van der Waals surface area contributed by atoms with Crippen LogP contribution in [0.25, 0.3) is 0 Å². The molecule has 0 fully saturated rings. The van der Waals surface area contributed by atoms with Crippen molar-refractivity contribution in [2.75, 3.05) is 7.05 Å². The number of sulfonamides is 1. The zero-order valence-corrected chi connectivity index (χ0v) is 14.0. The number of benzene rings is 1. The Morgan fingerprint density at radius 3 is 2.19 bits per heavy atom. The smallest absolute Gasteiger partial charge is 0.241 e. The molecule has 0 aromatic heterocycles. The van der Waals surface area contributed by atoms with Crippen LogP contribution in [0.2, 0.25) is 0 Å². The molecule has 0 saturated heterocycles. The summed E-state index contributed by atoms with van der Waals surface area (Å²) in [4.78, 5) is 0.105. The van der Waals surface area contributed by atoms with Crippen LogP contribution in [0.3, 0.4) is 0 Å². The van der Waals surface area contributed by atoms with E-state index in [-0.39, 0.29) is 11.4 Å². The zero-order valence-electron chi connectivity index (χ0n) is 13.2. The SMILES string of the molecule is CCC(CC)(CC)NS(=O)(=O)c1ccc(F)c(CNC)c1. The maximum Gasteiger partial charge on any atom is 0.241 e. The highest BCUT2D eigenvalue weighted by atomic mass is 32.2. The van der Waals surface area contributed by atoms with Crippen molar-refractivity contribution < 1.29 is 12.8 Å². The van der Waals surface area contributed by atoms with Gasteiger partial charge in [-0.1, -0.05) is 20.8 Å². The summed E-state index contributed by atoms with van der Waals surface area (Å²) in [5, 5.41) is 2.83. The minimum Gasteiger partial charge on any atom is -0.316 e. The lowest BCUT2D eigenvalue weighted by Gasteiger charge is -2.31. The molecule has 6 heteroatoms. The molecule has 0 aliphatic rings. The minimum atomic E-state index is -3.66. The monoisotopic (exact) mass is 316 g/mol. The van der Waals surface area contributed by atoms with Gasteiger partial charge in [0.2, 0.25) is 10.0 Å². The maximum atomic E-state index is 13.6. The number of rotatable bonds is 8. The fourth-order valence-electron chi connectivity index (χ4n) is 2.35. The van der Waals surface area contributed by atoms with Gasteiger partial charge in [-0.15, -0.1) is 0 Å². The van der Waals surface area contributed by atoms with E-state index in [1.54, 1.807) is 7.05 Å². The van der Waals surface area contributed by atoms with E-state index in [2.05, 4.69) is 10.0 Å². The van der Waals surface area contributed by atoms with E-state index >= 15 is 0 Å². The first-order valence-corrected chi connectivity index (χ1v) is 8.79. The van der Waals surface area contributed by atoms with Crippen LogP contribution < -0.4 is 10.0 Å². The van der Waals surface area contributed by atoms with Gasteiger partial charge in [-0.25, -0.2) is 17.5 Å². The van der Waals surface area contributed by atoms with Crippen molar-refractivity contribution in [3.05, 3.63) is 29.6 Å².